The van der Waals surface area contributed by atoms with Crippen molar-refractivity contribution in [3.05, 3.63) is 11.6 Å². The van der Waals surface area contributed by atoms with Gasteiger partial charge in [0.05, 0.1) is 0 Å². The van der Waals surface area contributed by atoms with Crippen LogP contribution in [-0.4, -0.2) is 22.3 Å². The van der Waals surface area contributed by atoms with E-state index in [1.54, 1.807) is 7.11 Å². The molecular formula is C11H19N3O. The minimum atomic E-state index is -0.395. The van der Waals surface area contributed by atoms with E-state index in [1.807, 2.05) is 13.8 Å². The van der Waals surface area contributed by atoms with Gasteiger partial charge in [0.2, 0.25) is 0 Å². The molecule has 1 aromatic rings. The van der Waals surface area contributed by atoms with E-state index >= 15 is 0 Å². The predicted molar refractivity (Wildman–Crippen MR) is 57.6 cm³/mol. The van der Waals surface area contributed by atoms with Gasteiger partial charge in [0, 0.05) is 13.0 Å². The summed E-state index contributed by atoms with van der Waals surface area (Å²) in [5.41, 5.74) is -0.395. The Morgan fingerprint density at radius 2 is 2.00 bits per heavy atom. The van der Waals surface area contributed by atoms with E-state index in [4.69, 9.17) is 4.74 Å². The average molecular weight is 209 g/mol. The van der Waals surface area contributed by atoms with Crippen molar-refractivity contribution < 1.29 is 4.74 Å². The van der Waals surface area contributed by atoms with Gasteiger partial charge in [-0.2, -0.15) is 5.10 Å². The lowest BCUT2D eigenvalue weighted by Gasteiger charge is -2.18. The maximum Gasteiger partial charge on any atom is 0.181 e. The first-order valence-corrected chi connectivity index (χ1v) is 5.61. The van der Waals surface area contributed by atoms with Gasteiger partial charge in [-0.1, -0.05) is 12.8 Å². The van der Waals surface area contributed by atoms with Crippen molar-refractivity contribution in [2.24, 2.45) is 0 Å². The normalized spacial score (nSPS) is 18.6. The molecule has 1 N–H and O–H groups in total. The minimum absolute atomic E-state index is 0.395. The second-order valence-corrected chi connectivity index (χ2v) is 4.74. The number of hydrogen-bond acceptors (Lipinski definition) is 3. The van der Waals surface area contributed by atoms with Crippen LogP contribution in [0.2, 0.25) is 0 Å². The number of nitrogens with zero attached hydrogens (tertiary/aromatic N) is 2. The predicted octanol–water partition coefficient (Wildman–Crippen LogP) is 2.34. The van der Waals surface area contributed by atoms with E-state index in [0.717, 1.165) is 11.6 Å². The van der Waals surface area contributed by atoms with E-state index in [2.05, 4.69) is 15.2 Å². The van der Waals surface area contributed by atoms with Crippen LogP contribution in [0.4, 0.5) is 0 Å². The number of aromatic nitrogens is 3. The summed E-state index contributed by atoms with van der Waals surface area (Å²) in [6, 6.07) is 0. The molecule has 0 aliphatic heterocycles. The van der Waals surface area contributed by atoms with Crippen molar-refractivity contribution in [1.29, 1.82) is 0 Å². The first kappa shape index (κ1) is 10.6. The first-order valence-electron chi connectivity index (χ1n) is 5.61. The van der Waals surface area contributed by atoms with Gasteiger partial charge in [-0.05, 0) is 26.7 Å². The standard InChI is InChI=1S/C11H19N3O/c1-11(2,15-3)10-12-9(13-14-10)8-6-4-5-7-8/h8H,4-7H2,1-3H3,(H,12,13,14). The Hall–Kier alpha value is -0.900. The van der Waals surface area contributed by atoms with Crippen LogP contribution in [0.25, 0.3) is 0 Å². The molecule has 0 unspecified atom stereocenters. The summed E-state index contributed by atoms with van der Waals surface area (Å²) in [7, 11) is 1.69. The molecule has 1 saturated carbocycles. The van der Waals surface area contributed by atoms with Crippen LogP contribution in [0.1, 0.15) is 57.1 Å². The number of methoxy groups -OCH3 is 1. The molecule has 0 aromatic carbocycles. The highest BCUT2D eigenvalue weighted by Crippen LogP contribution is 2.32. The van der Waals surface area contributed by atoms with E-state index in [1.165, 1.54) is 25.7 Å². The zero-order chi connectivity index (χ0) is 10.9. The van der Waals surface area contributed by atoms with Crippen LogP contribution in [0, 0.1) is 0 Å². The van der Waals surface area contributed by atoms with Gasteiger partial charge in [-0.3, -0.25) is 5.10 Å². The quantitative estimate of drug-likeness (QED) is 0.831. The number of nitrogens with one attached hydrogen (secondary N) is 1. The van der Waals surface area contributed by atoms with E-state index in [9.17, 15) is 0 Å². The van der Waals surface area contributed by atoms with Gasteiger partial charge in [0.25, 0.3) is 0 Å². The van der Waals surface area contributed by atoms with E-state index < -0.39 is 5.60 Å². The Bertz CT molecular complexity index is 326. The molecule has 1 heterocycles. The smallest absolute Gasteiger partial charge is 0.181 e. The Kier molecular flexibility index (Phi) is 2.78. The molecule has 0 radical (unpaired) electrons. The first-order chi connectivity index (χ1) is 7.13. The molecule has 0 saturated heterocycles. The molecule has 1 aliphatic rings. The van der Waals surface area contributed by atoms with Gasteiger partial charge < -0.3 is 4.74 Å². The Balaban J connectivity index is 2.16. The molecule has 84 valence electrons. The van der Waals surface area contributed by atoms with E-state index in [-0.39, 0.29) is 0 Å². The molecule has 0 amide bonds. The summed E-state index contributed by atoms with van der Waals surface area (Å²) < 4.78 is 5.35. The molecule has 0 bridgehead atoms. The summed E-state index contributed by atoms with van der Waals surface area (Å²) in [4.78, 5) is 4.54. The van der Waals surface area contributed by atoms with E-state index in [0.29, 0.717) is 5.92 Å². The third-order valence-electron chi connectivity index (χ3n) is 3.29. The fourth-order valence-corrected chi connectivity index (χ4v) is 2.02. The molecule has 1 aromatic heterocycles. The van der Waals surface area contributed by atoms with Crippen LogP contribution in [-0.2, 0) is 10.3 Å². The fourth-order valence-electron chi connectivity index (χ4n) is 2.02. The number of aromatic amines is 1. The van der Waals surface area contributed by atoms with Crippen molar-refractivity contribution in [2.45, 2.75) is 51.0 Å². The second kappa shape index (κ2) is 3.93. The highest BCUT2D eigenvalue weighted by molar-refractivity contribution is 5.04. The molecule has 4 heteroatoms. The summed E-state index contributed by atoms with van der Waals surface area (Å²) in [6.07, 6.45) is 5.10. The zero-order valence-corrected chi connectivity index (χ0v) is 9.71. The lowest BCUT2D eigenvalue weighted by molar-refractivity contribution is 0.0117. The van der Waals surface area contributed by atoms with Crippen molar-refractivity contribution in [3.8, 4) is 0 Å². The average Bonchev–Trinajstić information content (AvgIpc) is 2.88. The topological polar surface area (TPSA) is 50.8 Å². The molecule has 0 spiro atoms. The van der Waals surface area contributed by atoms with Gasteiger partial charge in [0.1, 0.15) is 11.4 Å². The number of hydrogen-bond donors (Lipinski definition) is 1. The molecule has 1 aliphatic carbocycles. The van der Waals surface area contributed by atoms with Crippen molar-refractivity contribution in [3.63, 3.8) is 0 Å². The van der Waals surface area contributed by atoms with Gasteiger partial charge in [-0.25, -0.2) is 4.98 Å². The summed E-state index contributed by atoms with van der Waals surface area (Å²) in [5, 5.41) is 7.29. The van der Waals surface area contributed by atoms with Crippen LogP contribution in [0.5, 0.6) is 0 Å². The SMILES string of the molecule is COC(C)(C)c1n[nH]c(C2CCCC2)n1. The Labute approximate surface area is 90.4 Å². The minimum Gasteiger partial charge on any atom is -0.371 e. The van der Waals surface area contributed by atoms with Crippen molar-refractivity contribution in [2.75, 3.05) is 7.11 Å². The number of rotatable bonds is 3. The zero-order valence-electron chi connectivity index (χ0n) is 9.71. The molecular weight excluding hydrogens is 190 g/mol. The summed E-state index contributed by atoms with van der Waals surface area (Å²) >= 11 is 0. The fraction of sp³-hybridized carbons (Fsp3) is 0.818. The maximum absolute atomic E-state index is 5.35. The van der Waals surface area contributed by atoms with Gasteiger partial charge in [-0.15, -0.1) is 0 Å². The van der Waals surface area contributed by atoms with Gasteiger partial charge in [0.15, 0.2) is 5.82 Å². The largest absolute Gasteiger partial charge is 0.371 e. The third kappa shape index (κ3) is 2.04. The van der Waals surface area contributed by atoms with Crippen LogP contribution in [0.15, 0.2) is 0 Å². The van der Waals surface area contributed by atoms with Crippen LogP contribution < -0.4 is 0 Å². The van der Waals surface area contributed by atoms with Crippen molar-refractivity contribution in [1.82, 2.24) is 15.2 Å². The molecule has 15 heavy (non-hydrogen) atoms. The Morgan fingerprint density at radius 3 is 2.60 bits per heavy atom. The van der Waals surface area contributed by atoms with Crippen LogP contribution in [0.3, 0.4) is 0 Å². The summed E-state index contributed by atoms with van der Waals surface area (Å²) in [6.45, 7) is 3.96. The molecule has 4 nitrogen and oxygen atoms in total. The lowest BCUT2D eigenvalue weighted by atomic mass is 10.1. The highest BCUT2D eigenvalue weighted by atomic mass is 16.5. The third-order valence-corrected chi connectivity index (χ3v) is 3.29. The summed E-state index contributed by atoms with van der Waals surface area (Å²) in [5.74, 6) is 2.37. The lowest BCUT2D eigenvalue weighted by Crippen LogP contribution is -2.21. The highest BCUT2D eigenvalue weighted by Gasteiger charge is 2.27. The molecule has 2 rings (SSSR count). The number of H-pyrrole nitrogens is 1. The van der Waals surface area contributed by atoms with Gasteiger partial charge >= 0.3 is 0 Å². The second-order valence-electron chi connectivity index (χ2n) is 4.74. The number of ether oxygens (including phenoxy) is 1. The molecule has 1 fully saturated rings. The maximum atomic E-state index is 5.35. The van der Waals surface area contributed by atoms with Crippen molar-refractivity contribution >= 4 is 0 Å². The monoisotopic (exact) mass is 209 g/mol. The molecule has 0 atom stereocenters. The van der Waals surface area contributed by atoms with Crippen LogP contribution >= 0.6 is 0 Å². The Morgan fingerprint density at radius 1 is 1.33 bits per heavy atom.